The van der Waals surface area contributed by atoms with E-state index in [9.17, 15) is 0 Å². The van der Waals surface area contributed by atoms with E-state index in [2.05, 4.69) is 25.7 Å². The van der Waals surface area contributed by atoms with Gasteiger partial charge >= 0.3 is 0 Å². The van der Waals surface area contributed by atoms with E-state index in [4.69, 9.17) is 0 Å². The molecule has 0 saturated carbocycles. The minimum absolute atomic E-state index is 0. The van der Waals surface area contributed by atoms with E-state index in [1.165, 1.54) is 199 Å². The molecule has 0 aromatic rings. The first-order valence-corrected chi connectivity index (χ1v) is 17.1. The average molecular weight is 530 g/mol. The summed E-state index contributed by atoms with van der Waals surface area (Å²) in [5.41, 5.74) is 0. The number of unbranched alkanes of at least 4 members (excludes halogenated alkanes) is 25. The Bertz CT molecular complexity index is 347. The molecular weight excluding hydrogens is 458 g/mol. The highest BCUT2D eigenvalue weighted by Crippen LogP contribution is 2.15. The summed E-state index contributed by atoms with van der Waals surface area (Å²) in [6.07, 6.45) is 40.7. The Morgan fingerprint density at radius 1 is 0.250 bits per heavy atom. The van der Waals surface area contributed by atoms with Gasteiger partial charge in [-0.25, -0.2) is 0 Å². The van der Waals surface area contributed by atoms with E-state index in [1.54, 1.807) is 0 Å². The zero-order chi connectivity index (χ0) is 25.5. The van der Waals surface area contributed by atoms with Crippen LogP contribution in [0.3, 0.4) is 0 Å². The van der Waals surface area contributed by atoms with Crippen molar-refractivity contribution < 1.29 is 0 Å². The maximum Gasteiger partial charge on any atom is -0.00187 e. The van der Waals surface area contributed by atoms with Crippen molar-refractivity contribution in [1.29, 1.82) is 0 Å². The van der Waals surface area contributed by atoms with Gasteiger partial charge in [-0.1, -0.05) is 181 Å². The predicted octanol–water partition coefficient (Wildman–Crippen LogP) is 12.7. The molecule has 0 bridgehead atoms. The van der Waals surface area contributed by atoms with Crippen LogP contribution in [0.25, 0.3) is 0 Å². The Morgan fingerprint density at radius 2 is 0.417 bits per heavy atom. The number of halogens is 1. The second-order valence-electron chi connectivity index (χ2n) is 11.7. The second-order valence-corrected chi connectivity index (χ2v) is 11.7. The van der Waals surface area contributed by atoms with Crippen LogP contribution in [-0.4, -0.2) is 24.5 Å². The van der Waals surface area contributed by atoms with E-state index in [1.807, 2.05) is 0 Å². The molecule has 0 atom stereocenters. The normalized spacial score (nSPS) is 11.3. The van der Waals surface area contributed by atoms with Crippen LogP contribution in [0.2, 0.25) is 0 Å². The van der Waals surface area contributed by atoms with Gasteiger partial charge in [-0.05, 0) is 38.9 Å². The molecule has 1 nitrogen and oxygen atoms in total. The molecule has 0 aromatic heterocycles. The molecular formula is C34H72ClN. The third kappa shape index (κ3) is 32.3. The van der Waals surface area contributed by atoms with Crippen molar-refractivity contribution in [2.45, 2.75) is 201 Å². The Morgan fingerprint density at radius 3 is 0.639 bits per heavy atom. The lowest BCUT2D eigenvalue weighted by Gasteiger charge is -2.22. The van der Waals surface area contributed by atoms with Crippen LogP contribution in [0, 0.1) is 0 Å². The van der Waals surface area contributed by atoms with Gasteiger partial charge < -0.3 is 4.90 Å². The standard InChI is InChI=1S/C34H71N.ClH/c1-4-7-10-13-14-15-16-17-18-19-20-21-22-23-24-25-26-27-28-31-34-35(32-29-11-8-5-2)33-30-12-9-6-3;/h4-34H2,1-3H3;1H. The molecule has 36 heavy (non-hydrogen) atoms. The van der Waals surface area contributed by atoms with Crippen molar-refractivity contribution in [3.05, 3.63) is 0 Å². The largest absolute Gasteiger partial charge is 0.303 e. The Labute approximate surface area is 237 Å². The van der Waals surface area contributed by atoms with Crippen molar-refractivity contribution in [3.63, 3.8) is 0 Å². The molecule has 0 aliphatic carbocycles. The lowest BCUT2D eigenvalue weighted by Crippen LogP contribution is -2.27. The molecule has 0 fully saturated rings. The molecule has 220 valence electrons. The summed E-state index contributed by atoms with van der Waals surface area (Å²) in [5.74, 6) is 0. The fourth-order valence-corrected chi connectivity index (χ4v) is 5.45. The van der Waals surface area contributed by atoms with E-state index in [0.717, 1.165) is 0 Å². The number of hydrogen-bond acceptors (Lipinski definition) is 1. The molecule has 0 unspecified atom stereocenters. The molecule has 2 heteroatoms. The highest BCUT2D eigenvalue weighted by Gasteiger charge is 2.04. The van der Waals surface area contributed by atoms with E-state index in [0.29, 0.717) is 0 Å². The highest BCUT2D eigenvalue weighted by atomic mass is 35.5. The summed E-state index contributed by atoms with van der Waals surface area (Å²) >= 11 is 0. The first-order chi connectivity index (χ1) is 17.3. The van der Waals surface area contributed by atoms with Crippen molar-refractivity contribution >= 4 is 12.4 Å². The smallest absolute Gasteiger partial charge is 0.00187 e. The van der Waals surface area contributed by atoms with Gasteiger partial charge in [-0.15, -0.1) is 12.4 Å². The molecule has 0 saturated heterocycles. The summed E-state index contributed by atoms with van der Waals surface area (Å²) in [6.45, 7) is 11.0. The van der Waals surface area contributed by atoms with E-state index >= 15 is 0 Å². The van der Waals surface area contributed by atoms with Crippen molar-refractivity contribution in [2.75, 3.05) is 19.6 Å². The van der Waals surface area contributed by atoms with Gasteiger partial charge in [-0.3, -0.25) is 0 Å². The number of rotatable bonds is 31. The zero-order valence-corrected chi connectivity index (χ0v) is 26.6. The van der Waals surface area contributed by atoms with Gasteiger partial charge in [0.1, 0.15) is 0 Å². The van der Waals surface area contributed by atoms with Gasteiger partial charge in [0.2, 0.25) is 0 Å². The summed E-state index contributed by atoms with van der Waals surface area (Å²) < 4.78 is 0. The SMILES string of the molecule is CCCCCCCCCCCCCCCCCCCCCCN(CCCCCC)CCCCCC.Cl. The highest BCUT2D eigenvalue weighted by molar-refractivity contribution is 5.85. The van der Waals surface area contributed by atoms with Crippen LogP contribution in [0.15, 0.2) is 0 Å². The average Bonchev–Trinajstić information content (AvgIpc) is 2.87. The second kappa shape index (κ2) is 35.2. The lowest BCUT2D eigenvalue weighted by molar-refractivity contribution is 0.254. The first-order valence-electron chi connectivity index (χ1n) is 17.1. The monoisotopic (exact) mass is 530 g/mol. The van der Waals surface area contributed by atoms with Crippen molar-refractivity contribution in [2.24, 2.45) is 0 Å². The Kier molecular flexibility index (Phi) is 37.6. The molecule has 0 heterocycles. The third-order valence-electron chi connectivity index (χ3n) is 7.98. The van der Waals surface area contributed by atoms with Crippen LogP contribution in [0.1, 0.15) is 201 Å². The van der Waals surface area contributed by atoms with E-state index < -0.39 is 0 Å². The van der Waals surface area contributed by atoms with Gasteiger partial charge in [0, 0.05) is 0 Å². The predicted molar refractivity (Wildman–Crippen MR) is 170 cm³/mol. The molecule has 0 aliphatic rings. The summed E-state index contributed by atoms with van der Waals surface area (Å²) in [6, 6.07) is 0. The van der Waals surface area contributed by atoms with Gasteiger partial charge in [-0.2, -0.15) is 0 Å². The van der Waals surface area contributed by atoms with Crippen molar-refractivity contribution in [3.8, 4) is 0 Å². The van der Waals surface area contributed by atoms with Crippen LogP contribution >= 0.6 is 12.4 Å². The van der Waals surface area contributed by atoms with Gasteiger partial charge in [0.05, 0.1) is 0 Å². The van der Waals surface area contributed by atoms with Crippen molar-refractivity contribution in [1.82, 2.24) is 4.90 Å². The fraction of sp³-hybridized carbons (Fsp3) is 1.00. The number of hydrogen-bond donors (Lipinski definition) is 0. The minimum Gasteiger partial charge on any atom is -0.303 e. The molecule has 0 N–H and O–H groups in total. The topological polar surface area (TPSA) is 3.24 Å². The first kappa shape index (κ1) is 38.4. The maximum atomic E-state index is 2.79. The lowest BCUT2D eigenvalue weighted by atomic mass is 10.0. The quantitative estimate of drug-likeness (QED) is 0.0806. The number of nitrogens with zero attached hydrogens (tertiary/aromatic N) is 1. The minimum atomic E-state index is 0. The van der Waals surface area contributed by atoms with Gasteiger partial charge in [0.25, 0.3) is 0 Å². The molecule has 0 amide bonds. The maximum absolute atomic E-state index is 2.79. The summed E-state index contributed by atoms with van der Waals surface area (Å²) in [4.78, 5) is 2.79. The molecule has 0 spiro atoms. The molecule has 0 aromatic carbocycles. The molecule has 0 rings (SSSR count). The Hall–Kier alpha value is 0.250. The van der Waals surface area contributed by atoms with Crippen LogP contribution in [-0.2, 0) is 0 Å². The third-order valence-corrected chi connectivity index (χ3v) is 7.98. The van der Waals surface area contributed by atoms with Gasteiger partial charge in [0.15, 0.2) is 0 Å². The molecule has 0 aliphatic heterocycles. The summed E-state index contributed by atoms with van der Waals surface area (Å²) in [7, 11) is 0. The van der Waals surface area contributed by atoms with Crippen LogP contribution in [0.5, 0.6) is 0 Å². The fourth-order valence-electron chi connectivity index (χ4n) is 5.45. The van der Waals surface area contributed by atoms with Crippen LogP contribution in [0.4, 0.5) is 0 Å². The molecule has 0 radical (unpaired) electrons. The van der Waals surface area contributed by atoms with Crippen LogP contribution < -0.4 is 0 Å². The summed E-state index contributed by atoms with van der Waals surface area (Å²) in [5, 5.41) is 0. The van der Waals surface area contributed by atoms with E-state index in [-0.39, 0.29) is 12.4 Å². The zero-order valence-electron chi connectivity index (χ0n) is 25.8. The Balaban J connectivity index is 0.